The van der Waals surface area contributed by atoms with Crippen LogP contribution in [-0.2, 0) is 6.54 Å². The van der Waals surface area contributed by atoms with Crippen molar-refractivity contribution in [3.8, 4) is 17.1 Å². The largest absolute Gasteiger partial charge is 0.493 e. The van der Waals surface area contributed by atoms with Gasteiger partial charge in [0.25, 0.3) is 0 Å². The van der Waals surface area contributed by atoms with E-state index in [-0.39, 0.29) is 5.88 Å². The molecule has 8 heteroatoms. The first-order chi connectivity index (χ1) is 14.2. The van der Waals surface area contributed by atoms with Crippen molar-refractivity contribution in [3.63, 3.8) is 0 Å². The topological polar surface area (TPSA) is 74.8 Å². The lowest BCUT2D eigenvalue weighted by Crippen LogP contribution is -2.14. The smallest absolute Gasteiger partial charge is 0.212 e. The number of hydrogen-bond acceptors (Lipinski definition) is 7. The predicted octanol–water partition coefficient (Wildman–Crippen LogP) is 5.08. The van der Waals surface area contributed by atoms with Crippen molar-refractivity contribution >= 4 is 39.7 Å². The minimum Gasteiger partial charge on any atom is -0.493 e. The third-order valence-corrected chi connectivity index (χ3v) is 5.88. The Labute approximate surface area is 176 Å². The average molecular weight is 422 g/mol. The fourth-order valence-corrected chi connectivity index (χ4v) is 4.27. The SMILES string of the molecule is CCn1c(O)c(C=Nc2ccccc2)s/c1=N\Nc1nc(-c2ccccc2)cs1. The minimum atomic E-state index is 0.154. The van der Waals surface area contributed by atoms with Crippen LogP contribution in [0.25, 0.3) is 11.3 Å². The lowest BCUT2D eigenvalue weighted by molar-refractivity contribution is 0.416. The van der Waals surface area contributed by atoms with E-state index in [1.54, 1.807) is 10.8 Å². The molecule has 29 heavy (non-hydrogen) atoms. The molecule has 0 aliphatic rings. The molecule has 0 radical (unpaired) electrons. The van der Waals surface area contributed by atoms with Gasteiger partial charge in [0.05, 0.1) is 17.6 Å². The van der Waals surface area contributed by atoms with Gasteiger partial charge in [-0.15, -0.1) is 16.4 Å². The number of aliphatic imine (C=N–C) groups is 1. The summed E-state index contributed by atoms with van der Waals surface area (Å²) < 4.78 is 1.73. The van der Waals surface area contributed by atoms with Crippen LogP contribution >= 0.6 is 22.7 Å². The first-order valence-electron chi connectivity index (χ1n) is 9.07. The van der Waals surface area contributed by atoms with Gasteiger partial charge in [0, 0.05) is 17.5 Å². The number of anilines is 1. The number of aromatic hydroxyl groups is 1. The molecule has 0 spiro atoms. The second-order valence-electron chi connectivity index (χ2n) is 6.04. The average Bonchev–Trinajstić information content (AvgIpc) is 3.36. The van der Waals surface area contributed by atoms with Crippen LogP contribution in [-0.4, -0.2) is 20.9 Å². The van der Waals surface area contributed by atoms with E-state index in [4.69, 9.17) is 0 Å². The predicted molar refractivity (Wildman–Crippen MR) is 120 cm³/mol. The Morgan fingerprint density at radius 3 is 2.55 bits per heavy atom. The van der Waals surface area contributed by atoms with Crippen molar-refractivity contribution in [2.24, 2.45) is 10.1 Å². The molecular weight excluding hydrogens is 402 g/mol. The van der Waals surface area contributed by atoms with Crippen LogP contribution in [0, 0.1) is 0 Å². The summed E-state index contributed by atoms with van der Waals surface area (Å²) in [7, 11) is 0. The molecule has 2 heterocycles. The zero-order chi connectivity index (χ0) is 20.1. The zero-order valence-electron chi connectivity index (χ0n) is 15.7. The van der Waals surface area contributed by atoms with Gasteiger partial charge in [0.2, 0.25) is 15.8 Å². The van der Waals surface area contributed by atoms with E-state index in [9.17, 15) is 5.11 Å². The standard InChI is InChI=1S/C21H19N5OS2/c1-2-26-19(27)18(13-22-16-11-7-4-8-12-16)29-21(26)25-24-20-23-17(14-28-20)15-9-5-3-6-10-15/h3-14,27H,2H2,1H3,(H,23,24)/b22-13?,25-21-. The van der Waals surface area contributed by atoms with Gasteiger partial charge in [-0.3, -0.25) is 9.56 Å². The molecule has 0 saturated carbocycles. The Bertz CT molecular complexity index is 1180. The summed E-state index contributed by atoms with van der Waals surface area (Å²) in [5, 5.41) is 17.7. The Morgan fingerprint density at radius 2 is 1.83 bits per heavy atom. The third-order valence-electron chi connectivity index (χ3n) is 4.13. The van der Waals surface area contributed by atoms with Crippen molar-refractivity contribution in [2.75, 3.05) is 5.43 Å². The van der Waals surface area contributed by atoms with Crippen molar-refractivity contribution in [1.29, 1.82) is 0 Å². The van der Waals surface area contributed by atoms with Crippen LogP contribution in [0.15, 0.2) is 76.1 Å². The molecule has 2 N–H and O–H groups in total. The normalized spacial score (nSPS) is 12.0. The van der Waals surface area contributed by atoms with Gasteiger partial charge in [0.15, 0.2) is 0 Å². The molecule has 0 fully saturated rings. The fourth-order valence-electron chi connectivity index (χ4n) is 2.68. The Morgan fingerprint density at radius 1 is 1.10 bits per heavy atom. The number of nitrogens with one attached hydrogen (secondary N) is 1. The highest BCUT2D eigenvalue weighted by atomic mass is 32.1. The van der Waals surface area contributed by atoms with Gasteiger partial charge in [0.1, 0.15) is 4.88 Å². The Balaban J connectivity index is 1.57. The van der Waals surface area contributed by atoms with Gasteiger partial charge in [-0.1, -0.05) is 59.9 Å². The number of para-hydroxylation sites is 1. The molecule has 4 rings (SSSR count). The highest BCUT2D eigenvalue weighted by Gasteiger charge is 2.10. The number of benzene rings is 2. The maximum absolute atomic E-state index is 10.5. The number of rotatable bonds is 6. The maximum Gasteiger partial charge on any atom is 0.212 e. The quantitative estimate of drug-likeness (QED) is 0.337. The first kappa shape index (κ1) is 19.1. The number of hydrogen-bond donors (Lipinski definition) is 2. The number of aromatic nitrogens is 2. The van der Waals surface area contributed by atoms with Crippen LogP contribution in [0.2, 0.25) is 0 Å². The van der Waals surface area contributed by atoms with Gasteiger partial charge in [-0.25, -0.2) is 10.4 Å². The van der Waals surface area contributed by atoms with E-state index in [0.717, 1.165) is 16.9 Å². The van der Waals surface area contributed by atoms with Crippen molar-refractivity contribution in [2.45, 2.75) is 13.5 Å². The molecule has 2 aromatic carbocycles. The fraction of sp³-hybridized carbons (Fsp3) is 0.0952. The monoisotopic (exact) mass is 421 g/mol. The second kappa shape index (κ2) is 8.85. The molecule has 0 amide bonds. The van der Waals surface area contributed by atoms with Gasteiger partial charge in [-0.2, -0.15) is 0 Å². The van der Waals surface area contributed by atoms with Crippen molar-refractivity contribution < 1.29 is 5.11 Å². The zero-order valence-corrected chi connectivity index (χ0v) is 17.3. The summed E-state index contributed by atoms with van der Waals surface area (Å²) in [5.41, 5.74) is 5.80. The van der Waals surface area contributed by atoms with E-state index < -0.39 is 0 Å². The van der Waals surface area contributed by atoms with E-state index in [2.05, 4.69) is 20.5 Å². The van der Waals surface area contributed by atoms with E-state index in [1.165, 1.54) is 22.7 Å². The third kappa shape index (κ3) is 4.44. The molecule has 0 atom stereocenters. The van der Waals surface area contributed by atoms with Crippen LogP contribution in [0.4, 0.5) is 10.8 Å². The number of nitrogens with zero attached hydrogens (tertiary/aromatic N) is 4. The molecule has 0 saturated heterocycles. The summed E-state index contributed by atoms with van der Waals surface area (Å²) in [4.78, 5) is 10.3. The number of thiazole rings is 2. The lowest BCUT2D eigenvalue weighted by Gasteiger charge is -1.99. The van der Waals surface area contributed by atoms with Crippen LogP contribution < -0.4 is 10.2 Å². The van der Waals surface area contributed by atoms with Gasteiger partial charge >= 0.3 is 0 Å². The van der Waals surface area contributed by atoms with E-state index in [0.29, 0.717) is 21.4 Å². The summed E-state index contributed by atoms with van der Waals surface area (Å²) in [6.45, 7) is 2.55. The van der Waals surface area contributed by atoms with Crippen molar-refractivity contribution in [3.05, 3.63) is 75.7 Å². The lowest BCUT2D eigenvalue weighted by atomic mass is 10.2. The summed E-state index contributed by atoms with van der Waals surface area (Å²) in [6.07, 6.45) is 1.66. The van der Waals surface area contributed by atoms with Crippen LogP contribution in [0.1, 0.15) is 11.8 Å². The van der Waals surface area contributed by atoms with E-state index >= 15 is 0 Å². The van der Waals surface area contributed by atoms with Crippen molar-refractivity contribution in [1.82, 2.24) is 9.55 Å². The molecule has 0 aliphatic heterocycles. The van der Waals surface area contributed by atoms with Crippen LogP contribution in [0.3, 0.4) is 0 Å². The van der Waals surface area contributed by atoms with Crippen LogP contribution in [0.5, 0.6) is 5.88 Å². The summed E-state index contributed by atoms with van der Waals surface area (Å²) in [6, 6.07) is 19.6. The van der Waals surface area contributed by atoms with Gasteiger partial charge in [-0.05, 0) is 19.1 Å². The molecule has 0 unspecified atom stereocenters. The minimum absolute atomic E-state index is 0.154. The molecular formula is C21H19N5OS2. The summed E-state index contributed by atoms with van der Waals surface area (Å²) >= 11 is 2.85. The molecule has 6 nitrogen and oxygen atoms in total. The molecule has 146 valence electrons. The second-order valence-corrected chi connectivity index (χ2v) is 7.91. The maximum atomic E-state index is 10.5. The molecule has 4 aromatic rings. The van der Waals surface area contributed by atoms with E-state index in [1.807, 2.05) is 73.0 Å². The summed E-state index contributed by atoms with van der Waals surface area (Å²) in [5.74, 6) is 0.154. The molecule has 0 aliphatic carbocycles. The molecule has 2 aromatic heterocycles. The van der Waals surface area contributed by atoms with Gasteiger partial charge < -0.3 is 5.11 Å². The first-order valence-corrected chi connectivity index (χ1v) is 10.8. The molecule has 0 bridgehead atoms. The Hall–Kier alpha value is -3.23. The highest BCUT2D eigenvalue weighted by Crippen LogP contribution is 2.25. The Kier molecular flexibility index (Phi) is 5.83. The highest BCUT2D eigenvalue weighted by molar-refractivity contribution is 7.14.